The van der Waals surface area contributed by atoms with E-state index in [1.54, 1.807) is 13.1 Å². The molecule has 0 amide bonds. The Balaban J connectivity index is 2.48. The van der Waals surface area contributed by atoms with Gasteiger partial charge in [-0.05, 0) is 37.5 Å². The van der Waals surface area contributed by atoms with E-state index in [0.29, 0.717) is 29.4 Å². The highest BCUT2D eigenvalue weighted by Gasteiger charge is 2.18. The minimum Gasteiger partial charge on any atom is -0.462 e. The van der Waals surface area contributed by atoms with Crippen molar-refractivity contribution >= 4 is 5.97 Å². The van der Waals surface area contributed by atoms with Crippen LogP contribution in [0.2, 0.25) is 0 Å². The first kappa shape index (κ1) is 15.1. The lowest BCUT2D eigenvalue weighted by atomic mass is 10.0. The molecule has 0 unspecified atom stereocenters. The summed E-state index contributed by atoms with van der Waals surface area (Å²) in [5, 5.41) is 0. The van der Waals surface area contributed by atoms with Gasteiger partial charge in [-0.15, -0.1) is 0 Å². The number of carbonyl (C=O) groups is 1. The molecule has 0 aromatic carbocycles. The van der Waals surface area contributed by atoms with Crippen LogP contribution in [0.25, 0.3) is 11.5 Å². The molecule has 21 heavy (non-hydrogen) atoms. The number of carbonyl (C=O) groups excluding carboxylic acids is 1. The Labute approximate surface area is 124 Å². The summed E-state index contributed by atoms with van der Waals surface area (Å²) in [6.07, 6.45) is 3.25. The van der Waals surface area contributed by atoms with Crippen molar-refractivity contribution in [2.75, 3.05) is 6.61 Å². The van der Waals surface area contributed by atoms with E-state index in [2.05, 4.69) is 15.0 Å². The summed E-state index contributed by atoms with van der Waals surface area (Å²) in [7, 11) is 0. The second kappa shape index (κ2) is 6.43. The third-order valence-electron chi connectivity index (χ3n) is 3.00. The normalized spacial score (nSPS) is 10.7. The maximum absolute atomic E-state index is 12.0. The highest BCUT2D eigenvalue weighted by Crippen LogP contribution is 2.21. The molecule has 0 N–H and O–H groups in total. The van der Waals surface area contributed by atoms with Gasteiger partial charge in [-0.1, -0.05) is 13.8 Å². The van der Waals surface area contributed by atoms with Crippen LogP contribution in [0.5, 0.6) is 0 Å². The molecule has 0 saturated carbocycles. The summed E-state index contributed by atoms with van der Waals surface area (Å²) in [6.45, 7) is 8.06. The average molecular weight is 285 g/mol. The molecule has 2 aromatic rings. The molecule has 0 saturated heterocycles. The average Bonchev–Trinajstić information content (AvgIpc) is 2.46. The first-order valence-corrected chi connectivity index (χ1v) is 7.00. The Bertz CT molecular complexity index is 654. The van der Waals surface area contributed by atoms with Gasteiger partial charge in [0.05, 0.1) is 17.9 Å². The molecule has 0 aliphatic heterocycles. The zero-order valence-corrected chi connectivity index (χ0v) is 12.8. The van der Waals surface area contributed by atoms with Crippen LogP contribution in [-0.4, -0.2) is 27.5 Å². The number of aromatic nitrogens is 3. The predicted molar refractivity (Wildman–Crippen MR) is 80.0 cm³/mol. The Kier molecular flexibility index (Phi) is 4.62. The Morgan fingerprint density at radius 3 is 2.71 bits per heavy atom. The number of esters is 1. The van der Waals surface area contributed by atoms with Gasteiger partial charge in [0, 0.05) is 12.4 Å². The van der Waals surface area contributed by atoms with Gasteiger partial charge in [-0.2, -0.15) is 0 Å². The molecule has 110 valence electrons. The molecular formula is C16H19N3O2. The number of hydrogen-bond donors (Lipinski definition) is 0. The molecule has 5 heteroatoms. The Hall–Kier alpha value is -2.30. The fourth-order valence-corrected chi connectivity index (χ4v) is 1.98. The van der Waals surface area contributed by atoms with Crippen molar-refractivity contribution in [3.05, 3.63) is 41.3 Å². The van der Waals surface area contributed by atoms with Crippen molar-refractivity contribution in [2.24, 2.45) is 0 Å². The van der Waals surface area contributed by atoms with E-state index < -0.39 is 0 Å². The topological polar surface area (TPSA) is 65.0 Å². The van der Waals surface area contributed by atoms with Crippen molar-refractivity contribution in [3.8, 4) is 11.5 Å². The van der Waals surface area contributed by atoms with Crippen LogP contribution in [-0.2, 0) is 4.74 Å². The summed E-state index contributed by atoms with van der Waals surface area (Å²) in [5.74, 6) is 0.233. The van der Waals surface area contributed by atoms with Crippen LogP contribution >= 0.6 is 0 Å². The number of rotatable bonds is 4. The van der Waals surface area contributed by atoms with Gasteiger partial charge in [-0.25, -0.2) is 14.8 Å². The highest BCUT2D eigenvalue weighted by atomic mass is 16.5. The molecule has 0 radical (unpaired) electrons. The van der Waals surface area contributed by atoms with Crippen molar-refractivity contribution in [1.29, 1.82) is 0 Å². The summed E-state index contributed by atoms with van der Waals surface area (Å²) in [4.78, 5) is 25.0. The van der Waals surface area contributed by atoms with Crippen molar-refractivity contribution in [1.82, 2.24) is 15.0 Å². The molecule has 0 fully saturated rings. The van der Waals surface area contributed by atoms with E-state index in [9.17, 15) is 4.79 Å². The lowest BCUT2D eigenvalue weighted by Crippen LogP contribution is -2.12. The minimum absolute atomic E-state index is 0.0935. The molecule has 0 bridgehead atoms. The SMILES string of the molecule is CCOC(=O)c1cnc(-c2cc(C)ccn2)nc1C(C)C. The van der Waals surface area contributed by atoms with Gasteiger partial charge >= 0.3 is 5.97 Å². The zero-order valence-electron chi connectivity index (χ0n) is 12.8. The standard InChI is InChI=1S/C16H19N3O2/c1-5-21-16(20)12-9-18-15(19-14(12)10(2)3)13-8-11(4)6-7-17-13/h6-10H,5H2,1-4H3. The van der Waals surface area contributed by atoms with Gasteiger partial charge in [-0.3, -0.25) is 4.98 Å². The number of aryl methyl sites for hydroxylation is 1. The third-order valence-corrected chi connectivity index (χ3v) is 3.00. The van der Waals surface area contributed by atoms with Crippen LogP contribution in [0.1, 0.15) is 48.3 Å². The fraction of sp³-hybridized carbons (Fsp3) is 0.375. The minimum atomic E-state index is -0.384. The van der Waals surface area contributed by atoms with Crippen molar-refractivity contribution < 1.29 is 9.53 Å². The summed E-state index contributed by atoms with van der Waals surface area (Å²) in [6, 6.07) is 3.84. The fourth-order valence-electron chi connectivity index (χ4n) is 1.98. The van der Waals surface area contributed by atoms with E-state index in [0.717, 1.165) is 5.56 Å². The molecule has 0 aliphatic carbocycles. The smallest absolute Gasteiger partial charge is 0.341 e. The van der Waals surface area contributed by atoms with Crippen LogP contribution in [0, 0.1) is 6.92 Å². The Morgan fingerprint density at radius 2 is 2.10 bits per heavy atom. The summed E-state index contributed by atoms with van der Waals surface area (Å²) >= 11 is 0. The van der Waals surface area contributed by atoms with E-state index in [1.807, 2.05) is 32.9 Å². The molecule has 2 heterocycles. The predicted octanol–water partition coefficient (Wildman–Crippen LogP) is 3.15. The monoisotopic (exact) mass is 285 g/mol. The van der Waals surface area contributed by atoms with E-state index in [1.165, 1.54) is 6.20 Å². The van der Waals surface area contributed by atoms with Gasteiger partial charge in [0.1, 0.15) is 5.69 Å². The molecule has 2 rings (SSSR count). The first-order valence-electron chi connectivity index (χ1n) is 7.00. The maximum Gasteiger partial charge on any atom is 0.341 e. The van der Waals surface area contributed by atoms with Crippen LogP contribution in [0.4, 0.5) is 0 Å². The molecule has 0 spiro atoms. The van der Waals surface area contributed by atoms with E-state index >= 15 is 0 Å². The van der Waals surface area contributed by atoms with E-state index in [-0.39, 0.29) is 11.9 Å². The molecular weight excluding hydrogens is 266 g/mol. The van der Waals surface area contributed by atoms with Crippen LogP contribution < -0.4 is 0 Å². The second-order valence-corrected chi connectivity index (χ2v) is 5.09. The first-order chi connectivity index (χ1) is 10.0. The van der Waals surface area contributed by atoms with Gasteiger partial charge in [0.15, 0.2) is 5.82 Å². The van der Waals surface area contributed by atoms with Gasteiger partial charge < -0.3 is 4.74 Å². The van der Waals surface area contributed by atoms with Gasteiger partial charge in [0.2, 0.25) is 0 Å². The summed E-state index contributed by atoms with van der Waals surface area (Å²) in [5.41, 5.74) is 2.89. The quantitative estimate of drug-likeness (QED) is 0.807. The van der Waals surface area contributed by atoms with Crippen molar-refractivity contribution in [3.63, 3.8) is 0 Å². The maximum atomic E-state index is 12.0. The lowest BCUT2D eigenvalue weighted by Gasteiger charge is -2.12. The largest absolute Gasteiger partial charge is 0.462 e. The Morgan fingerprint density at radius 1 is 1.33 bits per heavy atom. The highest BCUT2D eigenvalue weighted by molar-refractivity contribution is 5.90. The zero-order chi connectivity index (χ0) is 15.4. The number of ether oxygens (including phenoxy) is 1. The number of hydrogen-bond acceptors (Lipinski definition) is 5. The third kappa shape index (κ3) is 3.42. The van der Waals surface area contributed by atoms with Crippen molar-refractivity contribution in [2.45, 2.75) is 33.6 Å². The van der Waals surface area contributed by atoms with Gasteiger partial charge in [0.25, 0.3) is 0 Å². The number of nitrogens with zero attached hydrogens (tertiary/aromatic N) is 3. The second-order valence-electron chi connectivity index (χ2n) is 5.09. The molecule has 0 atom stereocenters. The lowest BCUT2D eigenvalue weighted by molar-refractivity contribution is 0.0523. The molecule has 5 nitrogen and oxygen atoms in total. The summed E-state index contributed by atoms with van der Waals surface area (Å²) < 4.78 is 5.05. The molecule has 0 aliphatic rings. The van der Waals surface area contributed by atoms with E-state index in [4.69, 9.17) is 4.74 Å². The van der Waals surface area contributed by atoms with Crippen LogP contribution in [0.3, 0.4) is 0 Å². The molecule has 2 aromatic heterocycles. The van der Waals surface area contributed by atoms with Crippen LogP contribution in [0.15, 0.2) is 24.5 Å². The number of pyridine rings is 1.